The van der Waals surface area contributed by atoms with Gasteiger partial charge in [-0.1, -0.05) is 40.2 Å². The van der Waals surface area contributed by atoms with Gasteiger partial charge in [-0.3, -0.25) is 4.79 Å². The molecule has 0 saturated carbocycles. The molecule has 3 rings (SSSR count). The van der Waals surface area contributed by atoms with E-state index < -0.39 is 18.1 Å². The highest BCUT2D eigenvalue weighted by Crippen LogP contribution is 2.38. The maximum absolute atomic E-state index is 12.4. The molecule has 154 valence electrons. The minimum Gasteiger partial charge on any atom is -0.478 e. The van der Waals surface area contributed by atoms with Gasteiger partial charge < -0.3 is 14.6 Å². The maximum atomic E-state index is 12.4. The minimum absolute atomic E-state index is 0.0329. The predicted molar refractivity (Wildman–Crippen MR) is 105 cm³/mol. The second kappa shape index (κ2) is 8.58. The van der Waals surface area contributed by atoms with Crippen LogP contribution in [0.1, 0.15) is 10.4 Å². The number of rotatable bonds is 6. The lowest BCUT2D eigenvalue weighted by atomic mass is 9.93. The van der Waals surface area contributed by atoms with E-state index in [9.17, 15) is 27.9 Å². The summed E-state index contributed by atoms with van der Waals surface area (Å²) in [6.45, 7) is 0.187. The summed E-state index contributed by atoms with van der Waals surface area (Å²) in [5.74, 6) is -1.69. The molecule has 0 fully saturated rings. The van der Waals surface area contributed by atoms with Crippen molar-refractivity contribution in [2.75, 3.05) is 0 Å². The van der Waals surface area contributed by atoms with Crippen LogP contribution in [0.5, 0.6) is 11.5 Å². The van der Waals surface area contributed by atoms with Crippen LogP contribution in [0, 0.1) is 0 Å². The van der Waals surface area contributed by atoms with Gasteiger partial charge >= 0.3 is 12.3 Å². The summed E-state index contributed by atoms with van der Waals surface area (Å²) in [5.41, 5.74) is 1.47. The highest BCUT2D eigenvalue weighted by Gasteiger charge is 2.31. The number of alkyl halides is 3. The Morgan fingerprint density at radius 2 is 1.50 bits per heavy atom. The molecule has 3 aromatic carbocycles. The molecule has 0 radical (unpaired) electrons. The lowest BCUT2D eigenvalue weighted by Crippen LogP contribution is -2.16. The van der Waals surface area contributed by atoms with Crippen LogP contribution in [0.3, 0.4) is 0 Å². The number of hydrogen-bond donors (Lipinski definition) is 1. The number of halogens is 4. The van der Waals surface area contributed by atoms with Crippen LogP contribution < -0.4 is 9.47 Å². The summed E-state index contributed by atoms with van der Waals surface area (Å²) in [7, 11) is 0. The summed E-state index contributed by atoms with van der Waals surface area (Å²) >= 11 is 3.32. The topological polar surface area (TPSA) is 72.8 Å². The van der Waals surface area contributed by atoms with Crippen LogP contribution >= 0.6 is 15.9 Å². The Morgan fingerprint density at radius 3 is 2.03 bits per heavy atom. The van der Waals surface area contributed by atoms with E-state index in [1.54, 1.807) is 24.3 Å². The van der Waals surface area contributed by atoms with Crippen LogP contribution in [0.15, 0.2) is 65.1 Å². The molecule has 5 nitrogen and oxygen atoms in total. The number of carbonyl (C=O) groups excluding carboxylic acids is 1. The molecule has 30 heavy (non-hydrogen) atoms. The van der Waals surface area contributed by atoms with Crippen molar-refractivity contribution in [2.24, 2.45) is 0 Å². The van der Waals surface area contributed by atoms with Crippen molar-refractivity contribution in [2.45, 2.75) is 6.36 Å². The van der Waals surface area contributed by atoms with Crippen molar-refractivity contribution < 1.29 is 37.3 Å². The standard InChI is InChI=1S/C21H12BrF3O5/c22-14-5-1-13(2-6-14)17-9-16(18(20(27)28)10-19(17)29-11-26)12-3-7-15(8-4-12)30-21(23,24)25/h1-11H,(H,27,28). The third-order valence-electron chi connectivity index (χ3n) is 4.08. The largest absolute Gasteiger partial charge is 0.573 e. The van der Waals surface area contributed by atoms with Gasteiger partial charge in [0.05, 0.1) is 5.56 Å². The van der Waals surface area contributed by atoms with E-state index in [0.29, 0.717) is 16.7 Å². The van der Waals surface area contributed by atoms with Crippen molar-refractivity contribution in [3.8, 4) is 33.8 Å². The number of benzene rings is 3. The average molecular weight is 481 g/mol. The Kier molecular flexibility index (Phi) is 6.12. The lowest BCUT2D eigenvalue weighted by Gasteiger charge is -2.15. The summed E-state index contributed by atoms with van der Waals surface area (Å²) < 4.78 is 46.8. The lowest BCUT2D eigenvalue weighted by molar-refractivity contribution is -0.274. The molecule has 0 amide bonds. The average Bonchev–Trinajstić information content (AvgIpc) is 2.68. The Morgan fingerprint density at radius 1 is 0.933 bits per heavy atom. The molecule has 0 unspecified atom stereocenters. The third-order valence-corrected chi connectivity index (χ3v) is 4.61. The molecule has 0 spiro atoms. The molecular formula is C21H12BrF3O5. The number of carboxylic acids is 1. The summed E-state index contributed by atoms with van der Waals surface area (Å²) in [4.78, 5) is 22.7. The summed E-state index contributed by atoms with van der Waals surface area (Å²) in [6, 6.07) is 14.5. The van der Waals surface area contributed by atoms with Crippen LogP contribution in [-0.4, -0.2) is 23.9 Å². The molecule has 0 bridgehead atoms. The Hall–Kier alpha value is -3.33. The number of carboxylic acid groups (broad SMARTS) is 1. The van der Waals surface area contributed by atoms with Crippen molar-refractivity contribution in [1.82, 2.24) is 0 Å². The van der Waals surface area contributed by atoms with Gasteiger partial charge in [-0.05, 0) is 53.1 Å². The minimum atomic E-state index is -4.84. The SMILES string of the molecule is O=COc1cc(C(=O)O)c(-c2ccc(OC(F)(F)F)cc2)cc1-c1ccc(Br)cc1. The predicted octanol–water partition coefficient (Wildman–Crippen LogP) is 5.92. The van der Waals surface area contributed by atoms with Gasteiger partial charge in [-0.15, -0.1) is 13.2 Å². The molecule has 0 heterocycles. The van der Waals surface area contributed by atoms with E-state index in [1.165, 1.54) is 24.3 Å². The quantitative estimate of drug-likeness (QED) is 0.443. The molecule has 0 aliphatic carbocycles. The fraction of sp³-hybridized carbons (Fsp3) is 0.0476. The van der Waals surface area contributed by atoms with E-state index in [2.05, 4.69) is 20.7 Å². The second-order valence-electron chi connectivity index (χ2n) is 5.99. The highest BCUT2D eigenvalue weighted by molar-refractivity contribution is 9.10. The van der Waals surface area contributed by atoms with Crippen molar-refractivity contribution in [3.63, 3.8) is 0 Å². The van der Waals surface area contributed by atoms with Gasteiger partial charge in [0.25, 0.3) is 6.47 Å². The number of carbonyl (C=O) groups is 2. The smallest absolute Gasteiger partial charge is 0.478 e. The molecule has 3 aromatic rings. The van der Waals surface area contributed by atoms with Gasteiger partial charge in [-0.2, -0.15) is 0 Å². The number of ether oxygens (including phenoxy) is 2. The first-order valence-corrected chi connectivity index (χ1v) is 9.11. The van der Waals surface area contributed by atoms with Gasteiger partial charge in [0.1, 0.15) is 11.5 Å². The maximum Gasteiger partial charge on any atom is 0.573 e. The van der Waals surface area contributed by atoms with Gasteiger partial charge in [0, 0.05) is 10.0 Å². The molecular weight excluding hydrogens is 469 g/mol. The van der Waals surface area contributed by atoms with Crippen LogP contribution in [0.25, 0.3) is 22.3 Å². The summed E-state index contributed by atoms with van der Waals surface area (Å²) in [6.07, 6.45) is -4.84. The summed E-state index contributed by atoms with van der Waals surface area (Å²) in [5, 5.41) is 9.60. The molecule has 0 aliphatic rings. The second-order valence-corrected chi connectivity index (χ2v) is 6.91. The van der Waals surface area contributed by atoms with E-state index in [0.717, 1.165) is 16.6 Å². The van der Waals surface area contributed by atoms with Gasteiger partial charge in [-0.25, -0.2) is 4.79 Å². The monoisotopic (exact) mass is 480 g/mol. The molecule has 1 N–H and O–H groups in total. The first kappa shape index (κ1) is 21.4. The number of hydrogen-bond acceptors (Lipinski definition) is 4. The molecule has 9 heteroatoms. The fourth-order valence-corrected chi connectivity index (χ4v) is 3.10. The molecule has 0 aromatic heterocycles. The first-order chi connectivity index (χ1) is 14.2. The third kappa shape index (κ3) is 4.98. The van der Waals surface area contributed by atoms with Crippen LogP contribution in [0.2, 0.25) is 0 Å². The Labute approximate surface area is 176 Å². The van der Waals surface area contributed by atoms with E-state index in [1.807, 2.05) is 0 Å². The zero-order valence-corrected chi connectivity index (χ0v) is 16.5. The fourth-order valence-electron chi connectivity index (χ4n) is 2.84. The van der Waals surface area contributed by atoms with Gasteiger partial charge in [0.15, 0.2) is 0 Å². The molecule has 0 saturated heterocycles. The number of aromatic carboxylic acids is 1. The van der Waals surface area contributed by atoms with Crippen LogP contribution in [0.4, 0.5) is 13.2 Å². The van der Waals surface area contributed by atoms with E-state index in [-0.39, 0.29) is 23.3 Å². The van der Waals surface area contributed by atoms with Gasteiger partial charge in [0.2, 0.25) is 0 Å². The normalized spacial score (nSPS) is 11.1. The van der Waals surface area contributed by atoms with Crippen molar-refractivity contribution >= 4 is 28.4 Å². The molecule has 0 aliphatic heterocycles. The zero-order chi connectivity index (χ0) is 21.9. The Bertz CT molecular complexity index is 1080. The van der Waals surface area contributed by atoms with Crippen molar-refractivity contribution in [1.29, 1.82) is 0 Å². The Balaban J connectivity index is 2.15. The van der Waals surface area contributed by atoms with Crippen LogP contribution in [-0.2, 0) is 4.79 Å². The zero-order valence-electron chi connectivity index (χ0n) is 14.9. The van der Waals surface area contributed by atoms with E-state index >= 15 is 0 Å². The highest BCUT2D eigenvalue weighted by atomic mass is 79.9. The van der Waals surface area contributed by atoms with E-state index in [4.69, 9.17) is 4.74 Å². The first-order valence-electron chi connectivity index (χ1n) is 8.31. The van der Waals surface area contributed by atoms with Crippen molar-refractivity contribution in [3.05, 3.63) is 70.7 Å². The molecule has 0 atom stereocenters.